The lowest BCUT2D eigenvalue weighted by molar-refractivity contribution is 0.0532. The van der Waals surface area contributed by atoms with E-state index in [1.807, 2.05) is 57.0 Å². The first-order valence-corrected chi connectivity index (χ1v) is 7.07. The number of nitrogen functional groups attached to an aromatic ring is 1. The summed E-state index contributed by atoms with van der Waals surface area (Å²) in [5.41, 5.74) is 7.67. The molecule has 0 fully saturated rings. The zero-order chi connectivity index (χ0) is 16.3. The van der Waals surface area contributed by atoms with Gasteiger partial charge in [-0.3, -0.25) is 0 Å². The summed E-state index contributed by atoms with van der Waals surface area (Å²) in [6, 6.07) is 7.58. The van der Waals surface area contributed by atoms with Gasteiger partial charge in [-0.1, -0.05) is 6.07 Å². The van der Waals surface area contributed by atoms with Gasteiger partial charge in [-0.25, -0.2) is 14.3 Å². The molecule has 6 nitrogen and oxygen atoms in total. The molecule has 2 N–H and O–H groups in total. The van der Waals surface area contributed by atoms with E-state index in [-0.39, 0.29) is 0 Å². The molecule has 0 saturated carbocycles. The third kappa shape index (κ3) is 4.00. The molecule has 0 aliphatic carbocycles. The number of rotatable bonds is 3. The highest BCUT2D eigenvalue weighted by Crippen LogP contribution is 2.18. The van der Waals surface area contributed by atoms with Gasteiger partial charge >= 0.3 is 6.09 Å². The Balaban J connectivity index is 2.14. The van der Waals surface area contributed by atoms with Gasteiger partial charge in [-0.05, 0) is 39.0 Å². The van der Waals surface area contributed by atoms with E-state index in [1.165, 1.54) is 10.9 Å². The van der Waals surface area contributed by atoms with Gasteiger partial charge in [-0.2, -0.15) is 0 Å². The molecule has 0 radical (unpaired) electrons. The van der Waals surface area contributed by atoms with Crippen LogP contribution in [-0.2, 0) is 11.3 Å². The molecule has 0 saturated heterocycles. The average molecular weight is 302 g/mol. The van der Waals surface area contributed by atoms with Crippen LogP contribution in [0.25, 0.3) is 0 Å². The SMILES string of the molecule is CN(Cc1cncn1C(=O)OC(C)(C)C)c1cccc(N)c1. The van der Waals surface area contributed by atoms with E-state index in [1.54, 1.807) is 6.20 Å². The maximum absolute atomic E-state index is 12.2. The monoisotopic (exact) mass is 302 g/mol. The van der Waals surface area contributed by atoms with Crippen molar-refractivity contribution >= 4 is 17.5 Å². The van der Waals surface area contributed by atoms with Crippen molar-refractivity contribution < 1.29 is 9.53 Å². The Bertz CT molecular complexity index is 658. The zero-order valence-corrected chi connectivity index (χ0v) is 13.4. The van der Waals surface area contributed by atoms with Crippen LogP contribution in [0.4, 0.5) is 16.2 Å². The summed E-state index contributed by atoms with van der Waals surface area (Å²) in [7, 11) is 1.93. The molecular formula is C16H22N4O2. The molecular weight excluding hydrogens is 280 g/mol. The van der Waals surface area contributed by atoms with Crippen molar-refractivity contribution in [2.75, 3.05) is 17.7 Å². The number of carbonyl (C=O) groups excluding carboxylic acids is 1. The van der Waals surface area contributed by atoms with Crippen LogP contribution in [0, 0.1) is 0 Å². The largest absolute Gasteiger partial charge is 0.443 e. The van der Waals surface area contributed by atoms with Crippen LogP contribution in [0.5, 0.6) is 0 Å². The molecule has 6 heteroatoms. The minimum absolute atomic E-state index is 0.430. The summed E-state index contributed by atoms with van der Waals surface area (Å²) >= 11 is 0. The molecule has 0 spiro atoms. The number of aromatic nitrogens is 2. The van der Waals surface area contributed by atoms with E-state index >= 15 is 0 Å². The first-order valence-electron chi connectivity index (χ1n) is 7.07. The predicted octanol–water partition coefficient (Wildman–Crippen LogP) is 2.88. The number of hydrogen-bond donors (Lipinski definition) is 1. The number of hydrogen-bond acceptors (Lipinski definition) is 5. The molecule has 1 aromatic carbocycles. The topological polar surface area (TPSA) is 73.4 Å². The van der Waals surface area contributed by atoms with Gasteiger partial charge in [0, 0.05) is 18.4 Å². The van der Waals surface area contributed by atoms with Crippen molar-refractivity contribution in [2.24, 2.45) is 0 Å². The minimum atomic E-state index is -0.543. The molecule has 1 aromatic heterocycles. The lowest BCUT2D eigenvalue weighted by Gasteiger charge is -2.22. The molecule has 0 aliphatic heterocycles. The van der Waals surface area contributed by atoms with E-state index in [0.717, 1.165) is 11.4 Å². The van der Waals surface area contributed by atoms with Crippen LogP contribution in [-0.4, -0.2) is 28.3 Å². The number of ether oxygens (including phenoxy) is 1. The normalized spacial score (nSPS) is 11.3. The summed E-state index contributed by atoms with van der Waals surface area (Å²) < 4.78 is 6.80. The quantitative estimate of drug-likeness (QED) is 0.883. The van der Waals surface area contributed by atoms with Gasteiger partial charge in [0.2, 0.25) is 0 Å². The maximum atomic E-state index is 12.2. The third-order valence-corrected chi connectivity index (χ3v) is 3.02. The Morgan fingerprint density at radius 3 is 2.77 bits per heavy atom. The number of anilines is 2. The maximum Gasteiger partial charge on any atom is 0.420 e. The molecule has 22 heavy (non-hydrogen) atoms. The Hall–Kier alpha value is -2.50. The third-order valence-electron chi connectivity index (χ3n) is 3.02. The fourth-order valence-electron chi connectivity index (χ4n) is 2.01. The van der Waals surface area contributed by atoms with Gasteiger partial charge in [0.05, 0.1) is 18.4 Å². The van der Waals surface area contributed by atoms with Crippen LogP contribution in [0.2, 0.25) is 0 Å². The Morgan fingerprint density at radius 1 is 1.41 bits per heavy atom. The van der Waals surface area contributed by atoms with Crippen molar-refractivity contribution in [3.05, 3.63) is 42.5 Å². The highest BCUT2D eigenvalue weighted by atomic mass is 16.6. The fraction of sp³-hybridized carbons (Fsp3) is 0.375. The van der Waals surface area contributed by atoms with Crippen molar-refractivity contribution in [2.45, 2.75) is 32.9 Å². The summed E-state index contributed by atoms with van der Waals surface area (Å²) in [6.45, 7) is 6.02. The summed E-state index contributed by atoms with van der Waals surface area (Å²) in [5, 5.41) is 0. The molecule has 2 aromatic rings. The van der Waals surface area contributed by atoms with Crippen molar-refractivity contribution in [1.82, 2.24) is 9.55 Å². The van der Waals surface area contributed by atoms with Crippen LogP contribution < -0.4 is 10.6 Å². The van der Waals surface area contributed by atoms with E-state index in [4.69, 9.17) is 10.5 Å². The van der Waals surface area contributed by atoms with E-state index < -0.39 is 11.7 Å². The average Bonchev–Trinajstić information content (AvgIpc) is 2.85. The zero-order valence-electron chi connectivity index (χ0n) is 13.4. The van der Waals surface area contributed by atoms with Crippen LogP contribution >= 0.6 is 0 Å². The molecule has 0 aliphatic rings. The summed E-state index contributed by atoms with van der Waals surface area (Å²) in [6.07, 6.45) is 2.70. The van der Waals surface area contributed by atoms with Gasteiger partial charge in [0.15, 0.2) is 0 Å². The second-order valence-electron chi connectivity index (χ2n) is 6.19. The van der Waals surface area contributed by atoms with Crippen LogP contribution in [0.3, 0.4) is 0 Å². The predicted molar refractivity (Wildman–Crippen MR) is 86.8 cm³/mol. The summed E-state index contributed by atoms with van der Waals surface area (Å²) in [5.74, 6) is 0. The van der Waals surface area contributed by atoms with Gasteiger partial charge < -0.3 is 15.4 Å². The molecule has 0 atom stereocenters. The Morgan fingerprint density at radius 2 is 2.14 bits per heavy atom. The van der Waals surface area contributed by atoms with Crippen LogP contribution in [0.1, 0.15) is 26.5 Å². The highest BCUT2D eigenvalue weighted by Gasteiger charge is 2.20. The molecule has 0 bridgehead atoms. The number of benzene rings is 1. The van der Waals surface area contributed by atoms with Gasteiger partial charge in [0.25, 0.3) is 0 Å². The second kappa shape index (κ2) is 6.09. The first-order chi connectivity index (χ1) is 10.3. The fourth-order valence-corrected chi connectivity index (χ4v) is 2.01. The van der Waals surface area contributed by atoms with E-state index in [0.29, 0.717) is 12.2 Å². The second-order valence-corrected chi connectivity index (χ2v) is 6.19. The Labute approximate surface area is 130 Å². The minimum Gasteiger partial charge on any atom is -0.443 e. The first kappa shape index (κ1) is 15.9. The molecule has 0 unspecified atom stereocenters. The molecule has 0 amide bonds. The molecule has 2 rings (SSSR count). The van der Waals surface area contributed by atoms with Gasteiger partial charge in [0.1, 0.15) is 11.9 Å². The Kier molecular flexibility index (Phi) is 4.40. The molecule has 118 valence electrons. The van der Waals surface area contributed by atoms with Crippen molar-refractivity contribution in [3.8, 4) is 0 Å². The standard InChI is InChI=1S/C16H22N4O2/c1-16(2,3)22-15(21)20-11-18-9-14(20)10-19(4)13-7-5-6-12(17)8-13/h5-9,11H,10,17H2,1-4H3. The number of nitrogens with two attached hydrogens (primary N) is 1. The highest BCUT2D eigenvalue weighted by molar-refractivity contribution is 5.71. The van der Waals surface area contributed by atoms with Gasteiger partial charge in [-0.15, -0.1) is 0 Å². The molecule has 1 heterocycles. The van der Waals surface area contributed by atoms with E-state index in [9.17, 15) is 4.79 Å². The number of imidazole rings is 1. The van der Waals surface area contributed by atoms with Crippen LogP contribution in [0.15, 0.2) is 36.8 Å². The van der Waals surface area contributed by atoms with Crippen molar-refractivity contribution in [3.63, 3.8) is 0 Å². The number of carbonyl (C=O) groups is 1. The smallest absolute Gasteiger partial charge is 0.420 e. The summed E-state index contributed by atoms with van der Waals surface area (Å²) in [4.78, 5) is 18.2. The lowest BCUT2D eigenvalue weighted by atomic mass is 10.2. The number of nitrogens with zero attached hydrogens (tertiary/aromatic N) is 3. The lowest BCUT2D eigenvalue weighted by Crippen LogP contribution is -2.29. The van der Waals surface area contributed by atoms with Crippen molar-refractivity contribution in [1.29, 1.82) is 0 Å². The van der Waals surface area contributed by atoms with E-state index in [2.05, 4.69) is 4.98 Å².